The molecule has 0 saturated heterocycles. The van der Waals surface area contributed by atoms with Crippen LogP contribution in [-0.4, -0.2) is 25.0 Å². The highest BCUT2D eigenvalue weighted by Gasteiger charge is 2.21. The van der Waals surface area contributed by atoms with Gasteiger partial charge in [0.05, 0.1) is 7.11 Å². The van der Waals surface area contributed by atoms with E-state index >= 15 is 0 Å². The van der Waals surface area contributed by atoms with Gasteiger partial charge in [0.15, 0.2) is 0 Å². The molecule has 0 aliphatic carbocycles. The molecule has 3 N–H and O–H groups in total. The van der Waals surface area contributed by atoms with Gasteiger partial charge < -0.3 is 20.2 Å². The van der Waals surface area contributed by atoms with Crippen LogP contribution in [0.2, 0.25) is 5.02 Å². The number of ether oxygens (including phenoxy) is 1. The smallest absolute Gasteiger partial charge is 0.336 e. The lowest BCUT2D eigenvalue weighted by Gasteiger charge is -2.16. The van der Waals surface area contributed by atoms with Gasteiger partial charge in [-0.2, -0.15) is 0 Å². The summed E-state index contributed by atoms with van der Waals surface area (Å²) in [5, 5.41) is 3.70. The molecule has 2 aromatic carbocycles. The summed E-state index contributed by atoms with van der Waals surface area (Å²) in [6.45, 7) is 0. The fourth-order valence-electron chi connectivity index (χ4n) is 2.79. The summed E-state index contributed by atoms with van der Waals surface area (Å²) in [6.07, 6.45) is 0.0308. The van der Waals surface area contributed by atoms with E-state index in [0.29, 0.717) is 32.9 Å². The van der Waals surface area contributed by atoms with E-state index in [1.807, 2.05) is 0 Å². The maximum Gasteiger partial charge on any atom is 0.336 e. The zero-order valence-corrected chi connectivity index (χ0v) is 15.7. The topological polar surface area (TPSA) is 112 Å². The monoisotopic (exact) mass is 400 g/mol. The van der Waals surface area contributed by atoms with E-state index in [1.165, 1.54) is 25.3 Å². The van der Waals surface area contributed by atoms with E-state index < -0.39 is 23.5 Å². The van der Waals surface area contributed by atoms with Crippen molar-refractivity contribution in [1.29, 1.82) is 0 Å². The molecule has 0 fully saturated rings. The number of rotatable bonds is 6. The third kappa shape index (κ3) is 4.32. The molecule has 0 unspecified atom stereocenters. The molecule has 1 aromatic heterocycles. The second kappa shape index (κ2) is 8.14. The first kappa shape index (κ1) is 19.4. The van der Waals surface area contributed by atoms with Crippen molar-refractivity contribution >= 4 is 34.4 Å². The van der Waals surface area contributed by atoms with E-state index in [4.69, 9.17) is 26.5 Å². The Morgan fingerprint density at radius 3 is 2.54 bits per heavy atom. The Kier molecular flexibility index (Phi) is 5.65. The van der Waals surface area contributed by atoms with Crippen molar-refractivity contribution in [2.24, 2.45) is 5.73 Å². The molecular weight excluding hydrogens is 384 g/mol. The summed E-state index contributed by atoms with van der Waals surface area (Å²) in [7, 11) is 1.50. The van der Waals surface area contributed by atoms with Crippen LogP contribution in [0.1, 0.15) is 15.9 Å². The quantitative estimate of drug-likeness (QED) is 0.616. The summed E-state index contributed by atoms with van der Waals surface area (Å²) in [5.74, 6) is -0.679. The Bertz CT molecular complexity index is 1090. The molecule has 1 atom stereocenters. The first-order chi connectivity index (χ1) is 13.4. The maximum absolute atomic E-state index is 12.4. The van der Waals surface area contributed by atoms with Crippen molar-refractivity contribution < 1.29 is 18.7 Å². The number of hydrogen-bond donors (Lipinski definition) is 2. The molecule has 8 heteroatoms. The summed E-state index contributed by atoms with van der Waals surface area (Å²) < 4.78 is 10.3. The van der Waals surface area contributed by atoms with Crippen LogP contribution in [0.4, 0.5) is 0 Å². The molecule has 2 amide bonds. The van der Waals surface area contributed by atoms with Crippen LogP contribution in [0.3, 0.4) is 0 Å². The second-order valence-electron chi connectivity index (χ2n) is 6.09. The number of primary amides is 1. The number of nitrogens with two attached hydrogens (primary N) is 1. The van der Waals surface area contributed by atoms with Crippen molar-refractivity contribution in [1.82, 2.24) is 5.32 Å². The van der Waals surface area contributed by atoms with Crippen molar-refractivity contribution in [2.75, 3.05) is 7.11 Å². The van der Waals surface area contributed by atoms with Crippen LogP contribution in [0.25, 0.3) is 11.0 Å². The Labute approximate surface area is 165 Å². The Hall–Kier alpha value is -3.32. The first-order valence-electron chi connectivity index (χ1n) is 8.34. The molecule has 0 radical (unpaired) electrons. The molecule has 28 heavy (non-hydrogen) atoms. The number of amides is 2. The Morgan fingerprint density at radius 1 is 1.18 bits per heavy atom. The number of hydrogen-bond acceptors (Lipinski definition) is 5. The molecular formula is C20H17ClN2O5. The lowest BCUT2D eigenvalue weighted by molar-refractivity contribution is -0.119. The molecule has 0 aliphatic heterocycles. The van der Waals surface area contributed by atoms with Crippen LogP contribution in [0.5, 0.6) is 5.75 Å². The van der Waals surface area contributed by atoms with Gasteiger partial charge in [-0.3, -0.25) is 9.59 Å². The van der Waals surface area contributed by atoms with Crippen LogP contribution in [0.15, 0.2) is 57.7 Å². The van der Waals surface area contributed by atoms with E-state index in [2.05, 4.69) is 5.32 Å². The molecule has 7 nitrogen and oxygen atoms in total. The predicted molar refractivity (Wildman–Crippen MR) is 105 cm³/mol. The third-order valence-electron chi connectivity index (χ3n) is 4.22. The fourth-order valence-corrected chi connectivity index (χ4v) is 2.92. The van der Waals surface area contributed by atoms with Crippen molar-refractivity contribution in [3.63, 3.8) is 0 Å². The van der Waals surface area contributed by atoms with Crippen molar-refractivity contribution in [3.05, 3.63) is 75.1 Å². The summed E-state index contributed by atoms with van der Waals surface area (Å²) in [6, 6.07) is 11.5. The van der Waals surface area contributed by atoms with E-state index in [1.54, 1.807) is 30.3 Å². The van der Waals surface area contributed by atoms with E-state index in [0.717, 1.165) is 0 Å². The molecule has 144 valence electrons. The number of benzene rings is 2. The molecule has 1 heterocycles. The maximum atomic E-state index is 12.4. The average Bonchev–Trinajstić information content (AvgIpc) is 2.67. The molecule has 3 aromatic rings. The van der Waals surface area contributed by atoms with Crippen molar-refractivity contribution in [3.8, 4) is 5.75 Å². The average molecular weight is 401 g/mol. The second-order valence-corrected chi connectivity index (χ2v) is 6.53. The fraction of sp³-hybridized carbons (Fsp3) is 0.150. The van der Waals surface area contributed by atoms with Gasteiger partial charge in [-0.25, -0.2) is 4.79 Å². The predicted octanol–water partition coefficient (Wildman–Crippen LogP) is 2.28. The summed E-state index contributed by atoms with van der Waals surface area (Å²) >= 11 is 5.82. The van der Waals surface area contributed by atoms with Crippen LogP contribution in [0, 0.1) is 0 Å². The number of carbonyl (C=O) groups excluding carboxylic acids is 2. The highest BCUT2D eigenvalue weighted by molar-refractivity contribution is 6.30. The van der Waals surface area contributed by atoms with Crippen molar-refractivity contribution in [2.45, 2.75) is 12.5 Å². The highest BCUT2D eigenvalue weighted by atomic mass is 35.5. The van der Waals surface area contributed by atoms with Gasteiger partial charge in [-0.1, -0.05) is 11.6 Å². The van der Waals surface area contributed by atoms with Crippen LogP contribution >= 0.6 is 11.6 Å². The van der Waals surface area contributed by atoms with Crippen LogP contribution in [-0.2, 0) is 11.2 Å². The zero-order chi connectivity index (χ0) is 20.3. The molecule has 0 aliphatic rings. The minimum absolute atomic E-state index is 0.0308. The first-order valence-corrected chi connectivity index (χ1v) is 8.71. The normalized spacial score (nSPS) is 11.8. The lowest BCUT2D eigenvalue weighted by Crippen LogP contribution is -2.46. The summed E-state index contributed by atoms with van der Waals surface area (Å²) in [4.78, 5) is 36.2. The Morgan fingerprint density at radius 2 is 1.89 bits per heavy atom. The van der Waals surface area contributed by atoms with Gasteiger partial charge in [0.2, 0.25) is 5.91 Å². The third-order valence-corrected chi connectivity index (χ3v) is 4.47. The minimum Gasteiger partial charge on any atom is -0.497 e. The largest absolute Gasteiger partial charge is 0.497 e. The van der Waals surface area contributed by atoms with Gasteiger partial charge in [0.1, 0.15) is 17.4 Å². The zero-order valence-electron chi connectivity index (χ0n) is 14.9. The number of fused-ring (bicyclic) bond motifs is 1. The lowest BCUT2D eigenvalue weighted by atomic mass is 10.0. The van der Waals surface area contributed by atoms with E-state index in [-0.39, 0.29) is 6.42 Å². The number of nitrogens with one attached hydrogen (secondary N) is 1. The van der Waals surface area contributed by atoms with Gasteiger partial charge in [-0.15, -0.1) is 0 Å². The number of methoxy groups -OCH3 is 1. The van der Waals surface area contributed by atoms with Gasteiger partial charge in [0, 0.05) is 34.5 Å². The SMILES string of the molecule is COc1ccc2c(C[C@H](NC(=O)c3ccc(Cl)cc3)C(N)=O)cc(=O)oc2c1. The molecule has 0 saturated carbocycles. The van der Waals surface area contributed by atoms with Gasteiger partial charge >= 0.3 is 5.63 Å². The van der Waals surface area contributed by atoms with Crippen LogP contribution < -0.4 is 21.4 Å². The Balaban J connectivity index is 1.90. The standard InChI is InChI=1S/C20H17ClN2O5/c1-27-14-6-7-15-12(9-18(24)28-17(15)10-14)8-16(19(22)25)23-20(26)11-2-4-13(21)5-3-11/h2-7,9-10,16H,8H2,1H3,(H2,22,25)(H,23,26)/t16-/m0/s1. The van der Waals surface area contributed by atoms with E-state index in [9.17, 15) is 14.4 Å². The highest BCUT2D eigenvalue weighted by Crippen LogP contribution is 2.23. The van der Waals surface area contributed by atoms with Gasteiger partial charge in [-0.05, 0) is 42.0 Å². The molecule has 0 bridgehead atoms. The molecule has 0 spiro atoms. The molecule has 3 rings (SSSR count). The summed E-state index contributed by atoms with van der Waals surface area (Å²) in [5.41, 5.74) is 6.05. The van der Waals surface area contributed by atoms with Gasteiger partial charge in [0.25, 0.3) is 5.91 Å². The minimum atomic E-state index is -1.02. The number of halogens is 1. The number of carbonyl (C=O) groups is 2.